The smallest absolute Gasteiger partial charge is 0.137 e. The predicted molar refractivity (Wildman–Crippen MR) is 55.1 cm³/mol. The summed E-state index contributed by atoms with van der Waals surface area (Å²) in [5.41, 5.74) is 1.23. The monoisotopic (exact) mass is 214 g/mol. The van der Waals surface area contributed by atoms with E-state index in [-0.39, 0.29) is 12.2 Å². The van der Waals surface area contributed by atoms with Crippen LogP contribution in [0.1, 0.15) is 24.5 Å². The summed E-state index contributed by atoms with van der Waals surface area (Å²) in [6.07, 6.45) is 0.585. The average molecular weight is 215 g/mol. The van der Waals surface area contributed by atoms with Crippen LogP contribution in [0.2, 0.25) is 5.02 Å². The van der Waals surface area contributed by atoms with Crippen LogP contribution >= 0.6 is 11.6 Å². The molecule has 0 spiro atoms. The second kappa shape index (κ2) is 4.56. The van der Waals surface area contributed by atoms with Crippen LogP contribution in [0, 0.1) is 12.7 Å². The van der Waals surface area contributed by atoms with Crippen LogP contribution in [0.5, 0.6) is 0 Å². The van der Waals surface area contributed by atoms with Crippen LogP contribution in [-0.4, -0.2) is 5.78 Å². The molecule has 0 radical (unpaired) electrons. The number of carbonyl (C=O) groups is 1. The molecule has 0 heterocycles. The fraction of sp³-hybridized carbons (Fsp3) is 0.364. The van der Waals surface area contributed by atoms with Gasteiger partial charge < -0.3 is 0 Å². The maximum absolute atomic E-state index is 13.3. The molecule has 0 fully saturated rings. The molecule has 1 aromatic rings. The molecule has 3 heteroatoms. The van der Waals surface area contributed by atoms with E-state index in [1.54, 1.807) is 19.9 Å². The maximum atomic E-state index is 13.3. The average Bonchev–Trinajstić information content (AvgIpc) is 2.14. The Morgan fingerprint density at radius 1 is 1.50 bits per heavy atom. The Bertz CT molecular complexity index is 361. The Hall–Kier alpha value is -0.890. The molecule has 0 amide bonds. The first-order valence-electron chi connectivity index (χ1n) is 4.50. The van der Waals surface area contributed by atoms with Gasteiger partial charge in [-0.05, 0) is 24.1 Å². The van der Waals surface area contributed by atoms with Crippen LogP contribution in [-0.2, 0) is 11.2 Å². The van der Waals surface area contributed by atoms with Gasteiger partial charge in [-0.2, -0.15) is 0 Å². The highest BCUT2D eigenvalue weighted by Gasteiger charge is 2.09. The van der Waals surface area contributed by atoms with Crippen LogP contribution in [0.4, 0.5) is 4.39 Å². The van der Waals surface area contributed by atoms with Gasteiger partial charge in [0.15, 0.2) is 0 Å². The summed E-state index contributed by atoms with van der Waals surface area (Å²) in [6, 6.07) is 2.89. The molecule has 0 aliphatic heterocycles. The van der Waals surface area contributed by atoms with Crippen molar-refractivity contribution < 1.29 is 9.18 Å². The Morgan fingerprint density at radius 2 is 2.14 bits per heavy atom. The summed E-state index contributed by atoms with van der Waals surface area (Å²) < 4.78 is 13.3. The zero-order valence-electron chi connectivity index (χ0n) is 8.23. The predicted octanol–water partition coefficient (Wildman–Crippen LogP) is 3.31. The zero-order valence-corrected chi connectivity index (χ0v) is 8.99. The minimum atomic E-state index is -0.401. The minimum absolute atomic E-state index is 0.0330. The number of Topliss-reactive ketones (excluding diaryl/α,β-unsaturated/α-hetero) is 1. The molecular formula is C11H12ClFO. The third-order valence-corrected chi connectivity index (χ3v) is 2.52. The van der Waals surface area contributed by atoms with E-state index < -0.39 is 5.82 Å². The van der Waals surface area contributed by atoms with Crippen molar-refractivity contribution in [2.24, 2.45) is 0 Å². The second-order valence-corrected chi connectivity index (χ2v) is 3.67. The molecule has 0 unspecified atom stereocenters. The van der Waals surface area contributed by atoms with Gasteiger partial charge in [0, 0.05) is 17.9 Å². The first-order chi connectivity index (χ1) is 6.54. The quantitative estimate of drug-likeness (QED) is 0.755. The highest BCUT2D eigenvalue weighted by molar-refractivity contribution is 6.31. The Kier molecular flexibility index (Phi) is 3.64. The van der Waals surface area contributed by atoms with Crippen molar-refractivity contribution in [3.8, 4) is 0 Å². The van der Waals surface area contributed by atoms with Crippen LogP contribution in [0.3, 0.4) is 0 Å². The van der Waals surface area contributed by atoms with Gasteiger partial charge in [-0.1, -0.05) is 24.6 Å². The first-order valence-corrected chi connectivity index (χ1v) is 4.88. The fourth-order valence-corrected chi connectivity index (χ4v) is 1.34. The van der Waals surface area contributed by atoms with Crippen molar-refractivity contribution >= 4 is 17.4 Å². The van der Waals surface area contributed by atoms with Crippen LogP contribution in [0.15, 0.2) is 12.1 Å². The molecule has 1 nitrogen and oxygen atoms in total. The number of aryl methyl sites for hydroxylation is 1. The maximum Gasteiger partial charge on any atom is 0.137 e. The van der Waals surface area contributed by atoms with Gasteiger partial charge >= 0.3 is 0 Å². The SMILES string of the molecule is CCC(=O)Cc1cc(C)c(Cl)cc1F. The van der Waals surface area contributed by atoms with E-state index in [4.69, 9.17) is 11.6 Å². The lowest BCUT2D eigenvalue weighted by molar-refractivity contribution is -0.118. The molecular weight excluding hydrogens is 203 g/mol. The lowest BCUT2D eigenvalue weighted by atomic mass is 10.0. The van der Waals surface area contributed by atoms with Gasteiger partial charge in [-0.25, -0.2) is 4.39 Å². The standard InChI is InChI=1S/C11H12ClFO/c1-3-9(14)5-8-4-7(2)10(12)6-11(8)13/h4,6H,3,5H2,1-2H3. The molecule has 1 aromatic carbocycles. The highest BCUT2D eigenvalue weighted by Crippen LogP contribution is 2.20. The van der Waals surface area contributed by atoms with Crippen molar-refractivity contribution in [2.75, 3.05) is 0 Å². The molecule has 0 aliphatic rings. The summed E-state index contributed by atoms with van der Waals surface area (Å²) >= 11 is 5.73. The number of benzene rings is 1. The van der Waals surface area contributed by atoms with E-state index in [0.29, 0.717) is 17.0 Å². The summed E-state index contributed by atoms with van der Waals surface area (Å²) in [4.78, 5) is 11.1. The van der Waals surface area contributed by atoms with E-state index in [1.165, 1.54) is 6.07 Å². The Labute approximate surface area is 87.9 Å². The third-order valence-electron chi connectivity index (χ3n) is 2.11. The van der Waals surface area contributed by atoms with E-state index in [2.05, 4.69) is 0 Å². The molecule has 0 saturated carbocycles. The fourth-order valence-electron chi connectivity index (χ4n) is 1.19. The largest absolute Gasteiger partial charge is 0.299 e. The van der Waals surface area contributed by atoms with E-state index in [9.17, 15) is 9.18 Å². The molecule has 0 saturated heterocycles. The summed E-state index contributed by atoms with van der Waals surface area (Å²) in [7, 11) is 0. The Morgan fingerprint density at radius 3 is 2.71 bits per heavy atom. The first kappa shape index (κ1) is 11.2. The minimum Gasteiger partial charge on any atom is -0.299 e. The number of hydrogen-bond donors (Lipinski definition) is 0. The van der Waals surface area contributed by atoms with Crippen molar-refractivity contribution in [2.45, 2.75) is 26.7 Å². The summed E-state index contributed by atoms with van der Waals surface area (Å²) in [5, 5.41) is 0.398. The molecule has 14 heavy (non-hydrogen) atoms. The molecule has 0 aromatic heterocycles. The van der Waals surface area contributed by atoms with Crippen molar-refractivity contribution in [3.63, 3.8) is 0 Å². The number of ketones is 1. The second-order valence-electron chi connectivity index (χ2n) is 3.26. The van der Waals surface area contributed by atoms with Crippen molar-refractivity contribution in [1.82, 2.24) is 0 Å². The lowest BCUT2D eigenvalue weighted by Gasteiger charge is -2.04. The van der Waals surface area contributed by atoms with Gasteiger partial charge in [0.2, 0.25) is 0 Å². The summed E-state index contributed by atoms with van der Waals surface area (Å²) in [5.74, 6) is -0.368. The van der Waals surface area contributed by atoms with E-state index in [0.717, 1.165) is 5.56 Å². The zero-order chi connectivity index (χ0) is 10.7. The number of hydrogen-bond acceptors (Lipinski definition) is 1. The van der Waals surface area contributed by atoms with Gasteiger partial charge in [0.05, 0.1) is 0 Å². The highest BCUT2D eigenvalue weighted by atomic mass is 35.5. The van der Waals surface area contributed by atoms with E-state index in [1.807, 2.05) is 0 Å². The summed E-state index contributed by atoms with van der Waals surface area (Å²) in [6.45, 7) is 3.56. The lowest BCUT2D eigenvalue weighted by Crippen LogP contribution is -2.03. The third kappa shape index (κ3) is 2.55. The molecule has 1 rings (SSSR count). The van der Waals surface area contributed by atoms with Crippen molar-refractivity contribution in [3.05, 3.63) is 34.1 Å². The van der Waals surface area contributed by atoms with E-state index >= 15 is 0 Å². The normalized spacial score (nSPS) is 10.3. The molecule has 76 valence electrons. The van der Waals surface area contributed by atoms with Gasteiger partial charge in [-0.3, -0.25) is 4.79 Å². The molecule has 0 N–H and O–H groups in total. The number of carbonyl (C=O) groups excluding carboxylic acids is 1. The van der Waals surface area contributed by atoms with Gasteiger partial charge in [0.1, 0.15) is 11.6 Å². The molecule has 0 aliphatic carbocycles. The molecule has 0 bridgehead atoms. The van der Waals surface area contributed by atoms with Gasteiger partial charge in [-0.15, -0.1) is 0 Å². The van der Waals surface area contributed by atoms with Crippen molar-refractivity contribution in [1.29, 1.82) is 0 Å². The number of rotatable bonds is 3. The number of halogens is 2. The van der Waals surface area contributed by atoms with Crippen LogP contribution in [0.25, 0.3) is 0 Å². The van der Waals surface area contributed by atoms with Crippen LogP contribution < -0.4 is 0 Å². The van der Waals surface area contributed by atoms with Gasteiger partial charge in [0.25, 0.3) is 0 Å². The topological polar surface area (TPSA) is 17.1 Å². The Balaban J connectivity index is 2.98. The molecule has 0 atom stereocenters.